The molecule has 0 amide bonds. The van der Waals surface area contributed by atoms with Crippen LogP contribution in [0.15, 0.2) is 0 Å². The maximum atomic E-state index is 6.01. The van der Waals surface area contributed by atoms with Gasteiger partial charge < -0.3 is 10.6 Å². The third kappa shape index (κ3) is 4.00. The van der Waals surface area contributed by atoms with Crippen molar-refractivity contribution in [3.05, 3.63) is 0 Å². The predicted molar refractivity (Wildman–Crippen MR) is 89.3 cm³/mol. The van der Waals surface area contributed by atoms with E-state index in [1.54, 1.807) is 0 Å². The van der Waals surface area contributed by atoms with Gasteiger partial charge in [-0.15, -0.1) is 0 Å². The maximum absolute atomic E-state index is 6.01. The Morgan fingerprint density at radius 1 is 0.952 bits per heavy atom. The SMILES string of the molecule is CC(C)C1CCN(CC2CN(C3CCC(N)CC3)C2)CC1. The average molecular weight is 293 g/mol. The van der Waals surface area contributed by atoms with Crippen molar-refractivity contribution in [3.63, 3.8) is 0 Å². The minimum absolute atomic E-state index is 0.487. The Morgan fingerprint density at radius 3 is 2.14 bits per heavy atom. The molecule has 3 aliphatic rings. The molecule has 0 aromatic rings. The van der Waals surface area contributed by atoms with Gasteiger partial charge in [-0.2, -0.15) is 0 Å². The van der Waals surface area contributed by atoms with Crippen molar-refractivity contribution in [2.45, 2.75) is 64.5 Å². The molecule has 3 rings (SSSR count). The van der Waals surface area contributed by atoms with Gasteiger partial charge in [0.2, 0.25) is 0 Å². The number of nitrogens with zero attached hydrogens (tertiary/aromatic N) is 2. The average Bonchev–Trinajstić information content (AvgIpc) is 2.44. The second kappa shape index (κ2) is 6.97. The van der Waals surface area contributed by atoms with Crippen molar-refractivity contribution < 1.29 is 0 Å². The van der Waals surface area contributed by atoms with E-state index in [9.17, 15) is 0 Å². The van der Waals surface area contributed by atoms with Gasteiger partial charge in [-0.3, -0.25) is 4.90 Å². The third-order valence-corrected chi connectivity index (χ3v) is 6.33. The molecule has 0 aromatic heterocycles. The van der Waals surface area contributed by atoms with Gasteiger partial charge in [0.1, 0.15) is 0 Å². The van der Waals surface area contributed by atoms with Crippen molar-refractivity contribution in [2.24, 2.45) is 23.5 Å². The first-order valence-corrected chi connectivity index (χ1v) is 9.33. The van der Waals surface area contributed by atoms with Crippen LogP contribution >= 0.6 is 0 Å². The zero-order valence-corrected chi connectivity index (χ0v) is 14.1. The zero-order valence-electron chi connectivity index (χ0n) is 14.1. The van der Waals surface area contributed by atoms with Crippen molar-refractivity contribution in [3.8, 4) is 0 Å². The van der Waals surface area contributed by atoms with Crippen LogP contribution in [-0.4, -0.2) is 54.6 Å². The minimum Gasteiger partial charge on any atom is -0.328 e. The largest absolute Gasteiger partial charge is 0.328 e. The van der Waals surface area contributed by atoms with Crippen molar-refractivity contribution in [2.75, 3.05) is 32.7 Å². The van der Waals surface area contributed by atoms with Gasteiger partial charge in [0.15, 0.2) is 0 Å². The molecule has 1 saturated carbocycles. The van der Waals surface area contributed by atoms with Gasteiger partial charge >= 0.3 is 0 Å². The van der Waals surface area contributed by atoms with Crippen LogP contribution in [-0.2, 0) is 0 Å². The number of nitrogens with two attached hydrogens (primary N) is 1. The second-order valence-electron chi connectivity index (χ2n) is 8.27. The Morgan fingerprint density at radius 2 is 1.57 bits per heavy atom. The lowest BCUT2D eigenvalue weighted by molar-refractivity contribution is 0.00823. The van der Waals surface area contributed by atoms with Gasteiger partial charge in [0, 0.05) is 31.7 Å². The Kier molecular flexibility index (Phi) is 5.23. The fraction of sp³-hybridized carbons (Fsp3) is 1.00. The summed E-state index contributed by atoms with van der Waals surface area (Å²) >= 11 is 0. The van der Waals surface area contributed by atoms with E-state index < -0.39 is 0 Å². The summed E-state index contributed by atoms with van der Waals surface area (Å²) in [6.07, 6.45) is 8.02. The van der Waals surface area contributed by atoms with Gasteiger partial charge in [-0.1, -0.05) is 13.8 Å². The zero-order chi connectivity index (χ0) is 14.8. The Hall–Kier alpha value is -0.120. The van der Waals surface area contributed by atoms with Crippen LogP contribution in [0.2, 0.25) is 0 Å². The van der Waals surface area contributed by atoms with E-state index in [1.165, 1.54) is 71.2 Å². The molecule has 3 nitrogen and oxygen atoms in total. The molecule has 3 heteroatoms. The lowest BCUT2D eigenvalue weighted by atomic mass is 9.85. The molecule has 2 heterocycles. The van der Waals surface area contributed by atoms with Crippen LogP contribution < -0.4 is 5.73 Å². The van der Waals surface area contributed by atoms with Crippen LogP contribution in [0.5, 0.6) is 0 Å². The first-order chi connectivity index (χ1) is 10.1. The van der Waals surface area contributed by atoms with Crippen LogP contribution in [0.1, 0.15) is 52.4 Å². The first-order valence-electron chi connectivity index (χ1n) is 9.33. The molecule has 0 aromatic carbocycles. The summed E-state index contributed by atoms with van der Waals surface area (Å²) in [7, 11) is 0. The Labute approximate surface area is 131 Å². The molecule has 3 fully saturated rings. The monoisotopic (exact) mass is 293 g/mol. The lowest BCUT2D eigenvalue weighted by Crippen LogP contribution is -2.57. The molecule has 122 valence electrons. The molecule has 0 unspecified atom stereocenters. The van der Waals surface area contributed by atoms with E-state index in [-0.39, 0.29) is 0 Å². The highest BCUT2D eigenvalue weighted by Gasteiger charge is 2.35. The smallest absolute Gasteiger partial charge is 0.00966 e. The molecule has 1 aliphatic carbocycles. The van der Waals surface area contributed by atoms with E-state index >= 15 is 0 Å². The van der Waals surface area contributed by atoms with Crippen molar-refractivity contribution >= 4 is 0 Å². The molecule has 0 spiro atoms. The van der Waals surface area contributed by atoms with Crippen LogP contribution in [0.25, 0.3) is 0 Å². The summed E-state index contributed by atoms with van der Waals surface area (Å²) in [5, 5.41) is 0. The van der Waals surface area contributed by atoms with Crippen LogP contribution in [0.3, 0.4) is 0 Å². The quantitative estimate of drug-likeness (QED) is 0.864. The predicted octanol–water partition coefficient (Wildman–Crippen LogP) is 2.56. The summed E-state index contributed by atoms with van der Waals surface area (Å²) < 4.78 is 0. The molecule has 2 aliphatic heterocycles. The van der Waals surface area contributed by atoms with Crippen molar-refractivity contribution in [1.82, 2.24) is 9.80 Å². The van der Waals surface area contributed by atoms with Gasteiger partial charge in [0.05, 0.1) is 0 Å². The van der Waals surface area contributed by atoms with E-state index in [1.807, 2.05) is 0 Å². The molecule has 2 N–H and O–H groups in total. The highest BCUT2D eigenvalue weighted by molar-refractivity contribution is 4.90. The highest BCUT2D eigenvalue weighted by atomic mass is 15.2. The Balaban J connectivity index is 1.32. The molecule has 0 atom stereocenters. The van der Waals surface area contributed by atoms with E-state index in [4.69, 9.17) is 5.73 Å². The fourth-order valence-corrected chi connectivity index (χ4v) is 4.66. The number of rotatable bonds is 4. The minimum atomic E-state index is 0.487. The molecular formula is C18H35N3. The van der Waals surface area contributed by atoms with Gasteiger partial charge in [0.25, 0.3) is 0 Å². The third-order valence-electron chi connectivity index (χ3n) is 6.33. The lowest BCUT2D eigenvalue weighted by Gasteiger charge is -2.48. The normalized spacial score (nSPS) is 34.3. The number of hydrogen-bond donors (Lipinski definition) is 1. The van der Waals surface area contributed by atoms with Crippen LogP contribution in [0.4, 0.5) is 0 Å². The standard InChI is InChI=1S/C18H35N3/c1-14(2)16-7-9-20(10-8-16)11-15-12-21(13-15)18-5-3-17(19)4-6-18/h14-18H,3-13,19H2,1-2H3. The summed E-state index contributed by atoms with van der Waals surface area (Å²) in [6, 6.07) is 1.34. The fourth-order valence-electron chi connectivity index (χ4n) is 4.66. The molecular weight excluding hydrogens is 258 g/mol. The van der Waals surface area contributed by atoms with E-state index in [0.29, 0.717) is 6.04 Å². The maximum Gasteiger partial charge on any atom is 0.00966 e. The van der Waals surface area contributed by atoms with E-state index in [0.717, 1.165) is 23.8 Å². The van der Waals surface area contributed by atoms with Gasteiger partial charge in [-0.05, 0) is 69.4 Å². The molecule has 21 heavy (non-hydrogen) atoms. The van der Waals surface area contributed by atoms with Crippen molar-refractivity contribution in [1.29, 1.82) is 0 Å². The number of piperidine rings is 1. The summed E-state index contributed by atoms with van der Waals surface area (Å²) in [5.74, 6) is 2.80. The topological polar surface area (TPSA) is 32.5 Å². The number of hydrogen-bond acceptors (Lipinski definition) is 3. The first kappa shape index (κ1) is 15.8. The molecule has 2 saturated heterocycles. The molecule has 0 radical (unpaired) electrons. The Bertz CT molecular complexity index is 308. The van der Waals surface area contributed by atoms with E-state index in [2.05, 4.69) is 23.6 Å². The van der Waals surface area contributed by atoms with Gasteiger partial charge in [-0.25, -0.2) is 0 Å². The van der Waals surface area contributed by atoms with Crippen LogP contribution in [0, 0.1) is 17.8 Å². The molecule has 0 bridgehead atoms. The summed E-state index contributed by atoms with van der Waals surface area (Å²) in [5.41, 5.74) is 6.01. The second-order valence-corrected chi connectivity index (χ2v) is 8.27. The summed E-state index contributed by atoms with van der Waals surface area (Å²) in [4.78, 5) is 5.47. The highest BCUT2D eigenvalue weighted by Crippen LogP contribution is 2.30. The summed E-state index contributed by atoms with van der Waals surface area (Å²) in [6.45, 7) is 11.5. The number of likely N-dealkylation sites (tertiary alicyclic amines) is 2.